The predicted octanol–water partition coefficient (Wildman–Crippen LogP) is 4.38. The number of nitrogens with one attached hydrogen (secondary N) is 2. The van der Waals surface area contributed by atoms with Crippen LogP contribution in [0.15, 0.2) is 77.7 Å². The molecule has 1 fully saturated rings. The number of thiazole rings is 1. The summed E-state index contributed by atoms with van der Waals surface area (Å²) in [5.74, 6) is -0.232. The molecule has 0 aliphatic carbocycles. The number of aromatic nitrogens is 1. The van der Waals surface area contributed by atoms with Crippen LogP contribution in [-0.2, 0) is 10.0 Å². The summed E-state index contributed by atoms with van der Waals surface area (Å²) in [7, 11) is -3.73. The third-order valence-corrected chi connectivity index (χ3v) is 8.84. The minimum absolute atomic E-state index is 0. The largest absolute Gasteiger partial charge is 0.351 e. The van der Waals surface area contributed by atoms with Gasteiger partial charge in [-0.05, 0) is 49.4 Å². The molecule has 1 aromatic heterocycles. The van der Waals surface area contributed by atoms with E-state index in [0.29, 0.717) is 17.8 Å². The van der Waals surface area contributed by atoms with E-state index < -0.39 is 10.0 Å². The molecule has 200 valence electrons. The van der Waals surface area contributed by atoms with Crippen LogP contribution in [0.1, 0.15) is 15.9 Å². The number of piperazine rings is 1. The fraction of sp³-hybridized carbons (Fsp3) is 0.259. The van der Waals surface area contributed by atoms with E-state index in [4.69, 9.17) is 4.98 Å². The van der Waals surface area contributed by atoms with E-state index in [1.807, 2.05) is 25.1 Å². The van der Waals surface area contributed by atoms with Crippen molar-refractivity contribution in [2.45, 2.75) is 11.8 Å². The zero-order chi connectivity index (χ0) is 25.8. The molecular formula is C27H30ClN5O3S2. The second-order valence-electron chi connectivity index (χ2n) is 9.05. The average molecular weight is 572 g/mol. The first kappa shape index (κ1) is 27.8. The molecule has 0 atom stereocenters. The Balaban J connectivity index is 0.00000336. The summed E-state index contributed by atoms with van der Waals surface area (Å²) in [6.45, 7) is 6.77. The molecule has 1 aliphatic heterocycles. The number of amides is 1. The SMILES string of the molecule is Cc1ccc(S(=O)(=O)Nc2cccc(C(=O)NCCN3CCN(c4nc5ccccc5s4)CC3)c2)cc1.Cl. The van der Waals surface area contributed by atoms with Gasteiger partial charge in [-0.3, -0.25) is 14.4 Å². The van der Waals surface area contributed by atoms with Gasteiger partial charge < -0.3 is 10.2 Å². The predicted molar refractivity (Wildman–Crippen MR) is 156 cm³/mol. The third-order valence-electron chi connectivity index (χ3n) is 6.35. The summed E-state index contributed by atoms with van der Waals surface area (Å²) in [5.41, 5.74) is 2.77. The van der Waals surface area contributed by atoms with Gasteiger partial charge in [-0.2, -0.15) is 0 Å². The summed E-state index contributed by atoms with van der Waals surface area (Å²) >= 11 is 1.72. The molecule has 0 bridgehead atoms. The Morgan fingerprint density at radius 2 is 1.71 bits per heavy atom. The van der Waals surface area contributed by atoms with Gasteiger partial charge in [-0.15, -0.1) is 12.4 Å². The van der Waals surface area contributed by atoms with Crippen molar-refractivity contribution in [1.82, 2.24) is 15.2 Å². The molecular weight excluding hydrogens is 542 g/mol. The molecule has 1 amide bonds. The maximum Gasteiger partial charge on any atom is 0.261 e. The van der Waals surface area contributed by atoms with E-state index in [2.05, 4.69) is 25.9 Å². The van der Waals surface area contributed by atoms with E-state index in [-0.39, 0.29) is 23.2 Å². The normalized spacial score (nSPS) is 14.2. The van der Waals surface area contributed by atoms with Gasteiger partial charge in [0.2, 0.25) is 0 Å². The van der Waals surface area contributed by atoms with Gasteiger partial charge in [0, 0.05) is 50.5 Å². The molecule has 0 saturated carbocycles. The molecule has 8 nitrogen and oxygen atoms in total. The highest BCUT2D eigenvalue weighted by Gasteiger charge is 2.20. The summed E-state index contributed by atoms with van der Waals surface area (Å²) in [6.07, 6.45) is 0. The fourth-order valence-electron chi connectivity index (χ4n) is 4.24. The zero-order valence-electron chi connectivity index (χ0n) is 21.0. The fourth-order valence-corrected chi connectivity index (χ4v) is 6.31. The quantitative estimate of drug-likeness (QED) is 0.326. The molecule has 0 radical (unpaired) electrons. The molecule has 4 aromatic rings. The molecule has 38 heavy (non-hydrogen) atoms. The van der Waals surface area contributed by atoms with E-state index in [1.165, 1.54) is 4.70 Å². The second kappa shape index (κ2) is 12.1. The molecule has 3 aromatic carbocycles. The molecule has 1 saturated heterocycles. The van der Waals surface area contributed by atoms with Crippen molar-refractivity contribution in [2.24, 2.45) is 0 Å². The smallest absolute Gasteiger partial charge is 0.261 e. The topological polar surface area (TPSA) is 94.6 Å². The van der Waals surface area contributed by atoms with Crippen molar-refractivity contribution >= 4 is 60.7 Å². The summed E-state index contributed by atoms with van der Waals surface area (Å²) in [6, 6.07) is 21.4. The number of halogens is 1. The lowest BCUT2D eigenvalue weighted by molar-refractivity contribution is 0.0948. The minimum atomic E-state index is -3.73. The monoisotopic (exact) mass is 571 g/mol. The van der Waals surface area contributed by atoms with Crippen molar-refractivity contribution in [3.05, 3.63) is 83.9 Å². The van der Waals surface area contributed by atoms with Crippen LogP contribution in [0.5, 0.6) is 0 Å². The van der Waals surface area contributed by atoms with Gasteiger partial charge >= 0.3 is 0 Å². The molecule has 11 heteroatoms. The first-order valence-corrected chi connectivity index (χ1v) is 14.5. The van der Waals surface area contributed by atoms with Crippen LogP contribution in [0.4, 0.5) is 10.8 Å². The Hall–Kier alpha value is -3.18. The van der Waals surface area contributed by atoms with E-state index in [1.54, 1.807) is 59.9 Å². The van der Waals surface area contributed by atoms with Crippen molar-refractivity contribution in [1.29, 1.82) is 0 Å². The zero-order valence-corrected chi connectivity index (χ0v) is 23.4. The number of carbonyl (C=O) groups is 1. The van der Waals surface area contributed by atoms with Crippen LogP contribution < -0.4 is 14.9 Å². The summed E-state index contributed by atoms with van der Waals surface area (Å²) in [4.78, 5) is 22.3. The number of anilines is 2. The Morgan fingerprint density at radius 1 is 0.974 bits per heavy atom. The molecule has 2 heterocycles. The molecule has 1 aliphatic rings. The van der Waals surface area contributed by atoms with Gasteiger partial charge in [0.15, 0.2) is 5.13 Å². The van der Waals surface area contributed by atoms with Crippen LogP contribution in [-0.4, -0.2) is 63.5 Å². The highest BCUT2D eigenvalue weighted by atomic mass is 35.5. The maximum atomic E-state index is 12.7. The first-order chi connectivity index (χ1) is 17.9. The Labute approximate surface area is 233 Å². The van der Waals surface area contributed by atoms with Gasteiger partial charge in [-0.1, -0.05) is 47.2 Å². The standard InChI is InChI=1S/C27H29N5O3S2.ClH/c1-20-9-11-23(12-10-20)37(34,35)30-22-6-4-5-21(19-22)26(33)28-13-14-31-15-17-32(18-16-31)27-29-24-7-2-3-8-25(24)36-27;/h2-12,19,30H,13-18H2,1H3,(H,28,33);1H. The Morgan fingerprint density at radius 3 is 2.45 bits per heavy atom. The number of hydrogen-bond acceptors (Lipinski definition) is 7. The van der Waals surface area contributed by atoms with Crippen LogP contribution in [0.3, 0.4) is 0 Å². The Bertz CT molecular complexity index is 1470. The lowest BCUT2D eigenvalue weighted by Crippen LogP contribution is -2.48. The number of rotatable bonds is 8. The van der Waals surface area contributed by atoms with Gasteiger partial charge in [0.1, 0.15) is 0 Å². The molecule has 0 spiro atoms. The molecule has 0 unspecified atom stereocenters. The number of fused-ring (bicyclic) bond motifs is 1. The number of sulfonamides is 1. The number of benzene rings is 3. The highest BCUT2D eigenvalue weighted by molar-refractivity contribution is 7.92. The van der Waals surface area contributed by atoms with Crippen LogP contribution in [0, 0.1) is 6.92 Å². The molecule has 5 rings (SSSR count). The van der Waals surface area contributed by atoms with Crippen LogP contribution in [0.2, 0.25) is 0 Å². The lowest BCUT2D eigenvalue weighted by Gasteiger charge is -2.34. The van der Waals surface area contributed by atoms with Gasteiger partial charge in [0.05, 0.1) is 15.1 Å². The van der Waals surface area contributed by atoms with E-state index in [9.17, 15) is 13.2 Å². The van der Waals surface area contributed by atoms with Crippen molar-refractivity contribution in [2.75, 3.05) is 48.9 Å². The number of nitrogens with zero attached hydrogens (tertiary/aromatic N) is 3. The number of aryl methyl sites for hydroxylation is 1. The van der Waals surface area contributed by atoms with Gasteiger partial charge in [0.25, 0.3) is 15.9 Å². The molecule has 2 N–H and O–H groups in total. The number of hydrogen-bond donors (Lipinski definition) is 2. The third kappa shape index (κ3) is 6.63. The maximum absolute atomic E-state index is 12.7. The van der Waals surface area contributed by atoms with Crippen molar-refractivity contribution in [3.63, 3.8) is 0 Å². The van der Waals surface area contributed by atoms with Crippen molar-refractivity contribution in [3.8, 4) is 0 Å². The van der Waals surface area contributed by atoms with E-state index >= 15 is 0 Å². The van der Waals surface area contributed by atoms with Crippen LogP contribution >= 0.6 is 23.7 Å². The summed E-state index contributed by atoms with van der Waals surface area (Å²) in [5, 5.41) is 4.02. The average Bonchev–Trinajstić information content (AvgIpc) is 3.34. The van der Waals surface area contributed by atoms with Crippen molar-refractivity contribution < 1.29 is 13.2 Å². The number of para-hydroxylation sites is 1. The lowest BCUT2D eigenvalue weighted by atomic mass is 10.2. The van der Waals surface area contributed by atoms with E-state index in [0.717, 1.165) is 48.9 Å². The minimum Gasteiger partial charge on any atom is -0.351 e. The van der Waals surface area contributed by atoms with Gasteiger partial charge in [-0.25, -0.2) is 13.4 Å². The second-order valence-corrected chi connectivity index (χ2v) is 11.7. The highest BCUT2D eigenvalue weighted by Crippen LogP contribution is 2.29. The number of carbonyl (C=O) groups excluding carboxylic acids is 1. The van der Waals surface area contributed by atoms with Crippen LogP contribution in [0.25, 0.3) is 10.2 Å². The summed E-state index contributed by atoms with van der Waals surface area (Å²) < 4.78 is 29.1. The first-order valence-electron chi connectivity index (χ1n) is 12.2. The Kier molecular flexibility index (Phi) is 8.88.